The van der Waals surface area contributed by atoms with Gasteiger partial charge in [0.25, 0.3) is 0 Å². The standard InChI is InChI=1S/2C19H22N4S/c2*1-11-8-13(9-20)4-7-15(11)18-16-17(14-5-6-14)22-23(3)19(16)21-10-12(2)24-18/h2*4,7-8,12,14,18,21H,5-6,10H2,1-3H3/t2*12-,18-/m10/s1. The Labute approximate surface area is 292 Å². The fraction of sp³-hybridized carbons (Fsp3) is 0.474. The molecule has 2 aromatic carbocycles. The number of hydrogen-bond acceptors (Lipinski definition) is 8. The first-order valence-corrected chi connectivity index (χ1v) is 19.0. The first-order valence-electron chi connectivity index (χ1n) is 17.1. The number of aromatic nitrogens is 4. The van der Waals surface area contributed by atoms with Gasteiger partial charge in [-0.05, 0) is 86.1 Å². The van der Waals surface area contributed by atoms with Crippen LogP contribution in [0.15, 0.2) is 36.4 Å². The molecule has 10 heteroatoms. The number of thioether (sulfide) groups is 2. The van der Waals surface area contributed by atoms with Gasteiger partial charge in [0.1, 0.15) is 11.6 Å². The molecular weight excluding hydrogens is 633 g/mol. The van der Waals surface area contributed by atoms with Crippen LogP contribution in [0.3, 0.4) is 0 Å². The Morgan fingerprint density at radius 1 is 0.688 bits per heavy atom. The second-order valence-corrected chi connectivity index (χ2v) is 17.0. The van der Waals surface area contributed by atoms with Crippen molar-refractivity contribution in [2.75, 3.05) is 23.7 Å². The van der Waals surface area contributed by atoms with Crippen LogP contribution in [-0.4, -0.2) is 43.2 Å². The van der Waals surface area contributed by atoms with Crippen LogP contribution in [0.1, 0.15) is 118 Å². The Kier molecular flexibility index (Phi) is 9.00. The summed E-state index contributed by atoms with van der Waals surface area (Å²) in [5.41, 5.74) is 11.7. The van der Waals surface area contributed by atoms with Gasteiger partial charge in [-0.3, -0.25) is 9.36 Å². The van der Waals surface area contributed by atoms with E-state index in [1.54, 1.807) is 0 Å². The van der Waals surface area contributed by atoms with E-state index in [2.05, 4.69) is 62.6 Å². The number of nitrogens with zero attached hydrogens (tertiary/aromatic N) is 6. The Morgan fingerprint density at radius 3 is 1.42 bits per heavy atom. The van der Waals surface area contributed by atoms with Gasteiger partial charge in [-0.15, -0.1) is 23.5 Å². The fourth-order valence-electron chi connectivity index (χ4n) is 7.09. The molecule has 248 valence electrons. The summed E-state index contributed by atoms with van der Waals surface area (Å²) in [5, 5.41) is 36.8. The van der Waals surface area contributed by atoms with E-state index in [0.717, 1.165) is 24.2 Å². The van der Waals surface area contributed by atoms with Gasteiger partial charge in [-0.1, -0.05) is 26.0 Å². The van der Waals surface area contributed by atoms with Crippen LogP contribution in [-0.2, 0) is 14.1 Å². The van der Waals surface area contributed by atoms with Crippen LogP contribution in [0.4, 0.5) is 11.6 Å². The van der Waals surface area contributed by atoms with Crippen molar-refractivity contribution in [1.29, 1.82) is 10.5 Å². The Balaban J connectivity index is 0.000000152. The highest BCUT2D eigenvalue weighted by molar-refractivity contribution is 8.00. The lowest BCUT2D eigenvalue weighted by Crippen LogP contribution is -2.13. The molecule has 0 spiro atoms. The molecule has 0 radical (unpaired) electrons. The van der Waals surface area contributed by atoms with Crippen molar-refractivity contribution in [3.8, 4) is 12.1 Å². The minimum atomic E-state index is 0.280. The molecule has 4 aliphatic rings. The molecule has 0 unspecified atom stereocenters. The van der Waals surface area contributed by atoms with Crippen molar-refractivity contribution in [2.45, 2.75) is 86.2 Å². The van der Waals surface area contributed by atoms with Gasteiger partial charge >= 0.3 is 0 Å². The Hall–Kier alpha value is -3.86. The molecular formula is C38H44N8S2. The molecule has 4 atom stereocenters. The summed E-state index contributed by atoms with van der Waals surface area (Å²) in [6.07, 6.45) is 5.01. The highest BCUT2D eigenvalue weighted by Gasteiger charge is 2.39. The lowest BCUT2D eigenvalue weighted by atomic mass is 9.97. The largest absolute Gasteiger partial charge is 0.369 e. The van der Waals surface area contributed by atoms with Crippen molar-refractivity contribution in [3.05, 3.63) is 92.3 Å². The maximum atomic E-state index is 9.16. The predicted octanol–water partition coefficient (Wildman–Crippen LogP) is 8.23. The molecule has 2 N–H and O–H groups in total. The number of nitrogens with one attached hydrogen (secondary N) is 2. The molecule has 0 saturated heterocycles. The number of anilines is 2. The van der Waals surface area contributed by atoms with Crippen LogP contribution >= 0.6 is 23.5 Å². The topological polar surface area (TPSA) is 107 Å². The average Bonchev–Trinajstić information content (AvgIpc) is 4.00. The van der Waals surface area contributed by atoms with Crippen LogP contribution in [0.25, 0.3) is 0 Å². The Morgan fingerprint density at radius 2 is 1.08 bits per heavy atom. The normalized spacial score (nSPS) is 23.1. The van der Waals surface area contributed by atoms with Gasteiger partial charge in [0.05, 0.1) is 45.2 Å². The lowest BCUT2D eigenvalue weighted by Gasteiger charge is -2.20. The number of nitriles is 2. The molecule has 0 bridgehead atoms. The van der Waals surface area contributed by atoms with E-state index in [4.69, 9.17) is 20.7 Å². The summed E-state index contributed by atoms with van der Waals surface area (Å²) in [6, 6.07) is 16.7. The van der Waals surface area contributed by atoms with Gasteiger partial charge in [-0.2, -0.15) is 20.7 Å². The number of benzene rings is 2. The van der Waals surface area contributed by atoms with E-state index < -0.39 is 0 Å². The first kappa shape index (κ1) is 32.7. The predicted molar refractivity (Wildman–Crippen MR) is 197 cm³/mol. The summed E-state index contributed by atoms with van der Waals surface area (Å²) in [7, 11) is 4.09. The first-order chi connectivity index (χ1) is 23.2. The molecule has 2 aliphatic heterocycles. The van der Waals surface area contributed by atoms with Gasteiger partial charge < -0.3 is 10.6 Å². The van der Waals surface area contributed by atoms with E-state index in [1.165, 1.54) is 82.1 Å². The smallest absolute Gasteiger partial charge is 0.128 e. The average molecular weight is 677 g/mol. The quantitative estimate of drug-likeness (QED) is 0.223. The summed E-state index contributed by atoms with van der Waals surface area (Å²) < 4.78 is 4.04. The lowest BCUT2D eigenvalue weighted by molar-refractivity contribution is 0.744. The molecule has 2 fully saturated rings. The summed E-state index contributed by atoms with van der Waals surface area (Å²) in [6.45, 7) is 10.7. The highest BCUT2D eigenvalue weighted by atomic mass is 32.2. The van der Waals surface area contributed by atoms with E-state index >= 15 is 0 Å². The van der Waals surface area contributed by atoms with Gasteiger partial charge in [-0.25, -0.2) is 0 Å². The van der Waals surface area contributed by atoms with Crippen LogP contribution in [0.2, 0.25) is 0 Å². The molecule has 4 aromatic rings. The third kappa shape index (κ3) is 6.33. The van der Waals surface area contributed by atoms with E-state index in [0.29, 0.717) is 22.3 Å². The van der Waals surface area contributed by atoms with E-state index in [1.807, 2.05) is 71.2 Å². The summed E-state index contributed by atoms with van der Waals surface area (Å²) in [5.74, 6) is 3.58. The number of aryl methyl sites for hydroxylation is 4. The molecule has 8 nitrogen and oxygen atoms in total. The zero-order valence-corrected chi connectivity index (χ0v) is 30.3. The molecule has 8 rings (SSSR count). The third-order valence-corrected chi connectivity index (χ3v) is 12.7. The van der Waals surface area contributed by atoms with Crippen molar-refractivity contribution in [1.82, 2.24) is 19.6 Å². The van der Waals surface area contributed by atoms with Crippen LogP contribution in [0, 0.1) is 36.5 Å². The minimum absolute atomic E-state index is 0.280. The monoisotopic (exact) mass is 676 g/mol. The maximum absolute atomic E-state index is 9.16. The number of fused-ring (bicyclic) bond motifs is 2. The second-order valence-electron chi connectivity index (χ2n) is 13.9. The molecule has 4 heterocycles. The van der Waals surface area contributed by atoms with Gasteiger partial charge in [0.2, 0.25) is 0 Å². The van der Waals surface area contributed by atoms with E-state index in [-0.39, 0.29) is 10.5 Å². The fourth-order valence-corrected chi connectivity index (χ4v) is 9.94. The molecule has 2 aromatic heterocycles. The summed E-state index contributed by atoms with van der Waals surface area (Å²) >= 11 is 4.01. The van der Waals surface area contributed by atoms with Crippen LogP contribution in [0.5, 0.6) is 0 Å². The Bertz CT molecular complexity index is 1800. The highest BCUT2D eigenvalue weighted by Crippen LogP contribution is 2.53. The maximum Gasteiger partial charge on any atom is 0.128 e. The van der Waals surface area contributed by atoms with Crippen LogP contribution < -0.4 is 10.6 Å². The number of hydrogen-bond donors (Lipinski definition) is 2. The van der Waals surface area contributed by atoms with Gasteiger partial charge in [0, 0.05) is 60.6 Å². The van der Waals surface area contributed by atoms with Gasteiger partial charge in [0.15, 0.2) is 0 Å². The molecule has 0 amide bonds. The molecule has 2 saturated carbocycles. The van der Waals surface area contributed by atoms with E-state index in [9.17, 15) is 0 Å². The zero-order chi connectivity index (χ0) is 33.7. The van der Waals surface area contributed by atoms with Crippen molar-refractivity contribution >= 4 is 35.2 Å². The minimum Gasteiger partial charge on any atom is -0.369 e. The SMILES string of the molecule is Cc1cc(C#N)ccc1[C@@H]1S[C@@H](C)CNc2c1c(C1CC1)nn2C.Cc1cc(C#N)ccc1[C@H]1S[C@H](C)CNc2c1c(C1CC1)nn2C. The zero-order valence-electron chi connectivity index (χ0n) is 28.7. The molecule has 2 aliphatic carbocycles. The van der Waals surface area contributed by atoms with Crippen molar-refractivity contribution in [2.24, 2.45) is 14.1 Å². The molecule has 48 heavy (non-hydrogen) atoms. The second kappa shape index (κ2) is 13.2. The summed E-state index contributed by atoms with van der Waals surface area (Å²) in [4.78, 5) is 0. The van der Waals surface area contributed by atoms with Crippen molar-refractivity contribution in [3.63, 3.8) is 0 Å². The van der Waals surface area contributed by atoms with Crippen molar-refractivity contribution < 1.29 is 0 Å². The third-order valence-electron chi connectivity index (χ3n) is 9.89. The number of rotatable bonds is 4.